The van der Waals surface area contributed by atoms with Crippen molar-refractivity contribution in [1.29, 1.82) is 0 Å². The second-order valence-electron chi connectivity index (χ2n) is 3.35. The Labute approximate surface area is 65.4 Å². The molecule has 0 bridgehead atoms. The van der Waals surface area contributed by atoms with Crippen molar-refractivity contribution in [1.82, 2.24) is 0 Å². The predicted octanol–water partition coefficient (Wildman–Crippen LogP) is 2.19. The molecule has 66 valence electrons. The van der Waals surface area contributed by atoms with Crippen molar-refractivity contribution in [3.8, 4) is 0 Å². The highest BCUT2D eigenvalue weighted by Gasteiger charge is 2.45. The van der Waals surface area contributed by atoms with Crippen LogP contribution in [0.3, 0.4) is 0 Å². The van der Waals surface area contributed by atoms with Gasteiger partial charge < -0.3 is 5.11 Å². The molecule has 0 amide bonds. The number of hydrogen-bond donors (Lipinski definition) is 1. The van der Waals surface area contributed by atoms with Gasteiger partial charge in [-0.1, -0.05) is 13.3 Å². The molecule has 3 heteroatoms. The second-order valence-corrected chi connectivity index (χ2v) is 3.35. The molecule has 11 heavy (non-hydrogen) atoms. The number of aliphatic hydroxyl groups excluding tert-OH is 1. The Bertz CT molecular complexity index is 127. The molecule has 0 spiro atoms. The first-order chi connectivity index (χ1) is 5.12. The van der Waals surface area contributed by atoms with Crippen molar-refractivity contribution < 1.29 is 13.9 Å². The van der Waals surface area contributed by atoms with Crippen LogP contribution >= 0.6 is 0 Å². The van der Waals surface area contributed by atoms with E-state index in [1.807, 2.05) is 6.92 Å². The number of rotatable bonds is 3. The van der Waals surface area contributed by atoms with E-state index < -0.39 is 17.9 Å². The molecule has 0 aromatic heterocycles. The van der Waals surface area contributed by atoms with Crippen LogP contribution < -0.4 is 0 Å². The molecule has 1 aliphatic carbocycles. The zero-order chi connectivity index (χ0) is 8.48. The first-order valence-electron chi connectivity index (χ1n) is 4.08. The van der Waals surface area contributed by atoms with E-state index in [2.05, 4.69) is 0 Å². The van der Waals surface area contributed by atoms with Crippen LogP contribution in [0.4, 0.5) is 8.78 Å². The quantitative estimate of drug-likeness (QED) is 0.678. The number of aliphatic hydroxyl groups is 1. The molecular weight excluding hydrogens is 150 g/mol. The van der Waals surface area contributed by atoms with Gasteiger partial charge in [-0.05, 0) is 19.3 Å². The predicted molar refractivity (Wildman–Crippen MR) is 38.6 cm³/mol. The summed E-state index contributed by atoms with van der Waals surface area (Å²) in [7, 11) is 0. The zero-order valence-electron chi connectivity index (χ0n) is 6.69. The summed E-state index contributed by atoms with van der Waals surface area (Å²) in [4.78, 5) is 0. The fourth-order valence-electron chi connectivity index (χ4n) is 1.76. The van der Waals surface area contributed by atoms with Gasteiger partial charge in [-0.15, -0.1) is 0 Å². The average Bonchev–Trinajstić information content (AvgIpc) is 1.86. The van der Waals surface area contributed by atoms with Crippen LogP contribution in [0.2, 0.25) is 0 Å². The molecule has 1 rings (SSSR count). The number of hydrogen-bond acceptors (Lipinski definition) is 1. The summed E-state index contributed by atoms with van der Waals surface area (Å²) >= 11 is 0. The van der Waals surface area contributed by atoms with Gasteiger partial charge >= 0.3 is 0 Å². The molecule has 1 unspecified atom stereocenters. The van der Waals surface area contributed by atoms with Crippen molar-refractivity contribution in [3.05, 3.63) is 0 Å². The fourth-order valence-corrected chi connectivity index (χ4v) is 1.76. The Morgan fingerprint density at radius 3 is 2.09 bits per heavy atom. The lowest BCUT2D eigenvalue weighted by Gasteiger charge is -2.44. The fraction of sp³-hybridized carbons (Fsp3) is 1.00. The van der Waals surface area contributed by atoms with Crippen LogP contribution in [0.5, 0.6) is 0 Å². The Kier molecular flexibility index (Phi) is 2.47. The Morgan fingerprint density at radius 2 is 2.00 bits per heavy atom. The highest BCUT2D eigenvalue weighted by molar-refractivity contribution is 4.93. The van der Waals surface area contributed by atoms with Gasteiger partial charge in [0.1, 0.15) is 6.10 Å². The standard InChI is InChI=1S/C8H14F2O/c1-2-8(4-3-5-8)6(11)7(9)10/h6-7,11H,2-5H2,1H3. The molecule has 0 aromatic rings. The smallest absolute Gasteiger partial charge is 0.264 e. The summed E-state index contributed by atoms with van der Waals surface area (Å²) in [5.74, 6) is 0. The average molecular weight is 164 g/mol. The van der Waals surface area contributed by atoms with E-state index in [0.29, 0.717) is 6.42 Å². The van der Waals surface area contributed by atoms with Gasteiger partial charge in [-0.2, -0.15) is 0 Å². The maximum atomic E-state index is 12.1. The van der Waals surface area contributed by atoms with E-state index in [1.165, 1.54) is 0 Å². The molecule has 1 fully saturated rings. The maximum absolute atomic E-state index is 12.1. The third kappa shape index (κ3) is 1.39. The van der Waals surface area contributed by atoms with E-state index >= 15 is 0 Å². The summed E-state index contributed by atoms with van der Waals surface area (Å²) < 4.78 is 24.2. The second kappa shape index (κ2) is 3.05. The zero-order valence-corrected chi connectivity index (χ0v) is 6.69. The van der Waals surface area contributed by atoms with Crippen molar-refractivity contribution >= 4 is 0 Å². The maximum Gasteiger partial charge on any atom is 0.264 e. The van der Waals surface area contributed by atoms with Gasteiger partial charge in [0.15, 0.2) is 0 Å². The molecule has 1 atom stereocenters. The monoisotopic (exact) mass is 164 g/mol. The molecule has 1 aliphatic rings. The minimum Gasteiger partial charge on any atom is -0.387 e. The summed E-state index contributed by atoms with van der Waals surface area (Å²) in [5, 5.41) is 9.15. The lowest BCUT2D eigenvalue weighted by Crippen LogP contribution is -2.44. The molecule has 1 nitrogen and oxygen atoms in total. The van der Waals surface area contributed by atoms with Crippen molar-refractivity contribution in [2.24, 2.45) is 5.41 Å². The van der Waals surface area contributed by atoms with E-state index in [9.17, 15) is 8.78 Å². The largest absolute Gasteiger partial charge is 0.387 e. The summed E-state index contributed by atoms with van der Waals surface area (Å²) in [6.45, 7) is 1.87. The van der Waals surface area contributed by atoms with Gasteiger partial charge in [-0.3, -0.25) is 0 Å². The van der Waals surface area contributed by atoms with Gasteiger partial charge in [0.2, 0.25) is 0 Å². The normalized spacial score (nSPS) is 24.8. The highest BCUT2D eigenvalue weighted by Crippen LogP contribution is 2.48. The van der Waals surface area contributed by atoms with Crippen molar-refractivity contribution in [3.63, 3.8) is 0 Å². The Morgan fingerprint density at radius 1 is 1.45 bits per heavy atom. The van der Waals surface area contributed by atoms with E-state index in [0.717, 1.165) is 19.3 Å². The number of halogens is 2. The molecule has 0 saturated heterocycles. The Balaban J connectivity index is 2.54. The van der Waals surface area contributed by atoms with Gasteiger partial charge in [0, 0.05) is 5.41 Å². The minimum absolute atomic E-state index is 0.450. The minimum atomic E-state index is -2.57. The molecular formula is C8H14F2O. The first-order valence-corrected chi connectivity index (χ1v) is 4.08. The van der Waals surface area contributed by atoms with E-state index in [1.54, 1.807) is 0 Å². The number of alkyl halides is 2. The lowest BCUT2D eigenvalue weighted by molar-refractivity contribution is -0.118. The van der Waals surface area contributed by atoms with Gasteiger partial charge in [0.05, 0.1) is 0 Å². The third-order valence-corrected chi connectivity index (χ3v) is 2.92. The summed E-state index contributed by atoms with van der Waals surface area (Å²) in [6, 6.07) is 0. The highest BCUT2D eigenvalue weighted by atomic mass is 19.3. The van der Waals surface area contributed by atoms with Crippen molar-refractivity contribution in [2.45, 2.75) is 45.1 Å². The lowest BCUT2D eigenvalue weighted by atomic mass is 9.63. The van der Waals surface area contributed by atoms with E-state index in [-0.39, 0.29) is 0 Å². The summed E-state index contributed by atoms with van der Waals surface area (Å²) in [6.07, 6.45) is -0.809. The van der Waals surface area contributed by atoms with E-state index in [4.69, 9.17) is 5.11 Å². The van der Waals surface area contributed by atoms with Crippen LogP contribution in [0.1, 0.15) is 32.6 Å². The van der Waals surface area contributed by atoms with Crippen LogP contribution in [0, 0.1) is 5.41 Å². The third-order valence-electron chi connectivity index (χ3n) is 2.92. The molecule has 1 saturated carbocycles. The topological polar surface area (TPSA) is 20.2 Å². The SMILES string of the molecule is CCC1(C(O)C(F)F)CCC1. The van der Waals surface area contributed by atoms with Crippen LogP contribution in [-0.4, -0.2) is 17.6 Å². The molecule has 0 heterocycles. The van der Waals surface area contributed by atoms with Crippen molar-refractivity contribution in [2.75, 3.05) is 0 Å². The first kappa shape index (κ1) is 8.91. The molecule has 0 radical (unpaired) electrons. The van der Waals surface area contributed by atoms with Crippen LogP contribution in [0.15, 0.2) is 0 Å². The molecule has 0 aromatic carbocycles. The van der Waals surface area contributed by atoms with Crippen LogP contribution in [-0.2, 0) is 0 Å². The molecule has 1 N–H and O–H groups in total. The summed E-state index contributed by atoms with van der Waals surface area (Å²) in [5.41, 5.74) is -0.450. The molecule has 0 aliphatic heterocycles. The van der Waals surface area contributed by atoms with Gasteiger partial charge in [0.25, 0.3) is 6.43 Å². The van der Waals surface area contributed by atoms with Crippen LogP contribution in [0.25, 0.3) is 0 Å². The van der Waals surface area contributed by atoms with Gasteiger partial charge in [-0.25, -0.2) is 8.78 Å². The Hall–Kier alpha value is -0.180.